The lowest BCUT2D eigenvalue weighted by molar-refractivity contribution is 0.0882. The van der Waals surface area contributed by atoms with Crippen LogP contribution >= 0.6 is 11.6 Å². The minimum Gasteiger partial charge on any atom is -0.485 e. The van der Waals surface area contributed by atoms with Gasteiger partial charge in [-0.05, 0) is 39.3 Å². The van der Waals surface area contributed by atoms with Crippen LogP contribution in [0.4, 0.5) is 0 Å². The molecule has 1 atom stereocenters. The molecule has 0 amide bonds. The highest BCUT2D eigenvalue weighted by molar-refractivity contribution is 6.70. The van der Waals surface area contributed by atoms with Crippen molar-refractivity contribution in [3.05, 3.63) is 29.3 Å². The van der Waals surface area contributed by atoms with E-state index in [1.54, 1.807) is 0 Å². The average Bonchev–Trinajstić information content (AvgIpc) is 2.27. The van der Waals surface area contributed by atoms with Gasteiger partial charge in [-0.15, -0.1) is 0 Å². The van der Waals surface area contributed by atoms with Crippen molar-refractivity contribution in [2.45, 2.75) is 39.3 Å². The Morgan fingerprint density at radius 2 is 2.06 bits per heavy atom. The normalized spacial score (nSPS) is 22.8. The molecule has 1 aliphatic heterocycles. The molecular weight excluding hydrogens is 222 g/mol. The fourth-order valence-electron chi connectivity index (χ4n) is 1.69. The van der Waals surface area contributed by atoms with Gasteiger partial charge in [0, 0.05) is 0 Å². The van der Waals surface area contributed by atoms with E-state index in [1.165, 1.54) is 0 Å². The standard InChI is InChI=1S/C13H16ClNO/c1-8-6-5-7-10-11(8)16-13(3,4)9(2)15-12(10)14/h5-7,9H,1-4H3. The first-order valence-corrected chi connectivity index (χ1v) is 5.82. The summed E-state index contributed by atoms with van der Waals surface area (Å²) in [5.74, 6) is 0.852. The number of nitrogens with zero attached hydrogens (tertiary/aromatic N) is 1. The molecule has 86 valence electrons. The molecule has 16 heavy (non-hydrogen) atoms. The lowest BCUT2D eigenvalue weighted by Crippen LogP contribution is -2.38. The van der Waals surface area contributed by atoms with Crippen LogP contribution in [0.1, 0.15) is 31.9 Å². The molecule has 2 nitrogen and oxygen atoms in total. The number of hydrogen-bond acceptors (Lipinski definition) is 2. The molecule has 0 saturated heterocycles. The summed E-state index contributed by atoms with van der Waals surface area (Å²) in [5.41, 5.74) is 1.64. The highest BCUT2D eigenvalue weighted by atomic mass is 35.5. The quantitative estimate of drug-likeness (QED) is 0.676. The van der Waals surface area contributed by atoms with Crippen molar-refractivity contribution in [2.24, 2.45) is 4.99 Å². The first-order chi connectivity index (χ1) is 7.42. The van der Waals surface area contributed by atoms with E-state index in [9.17, 15) is 0 Å². The van der Waals surface area contributed by atoms with Crippen LogP contribution in [0.3, 0.4) is 0 Å². The Kier molecular flexibility index (Phi) is 2.70. The predicted molar refractivity (Wildman–Crippen MR) is 67.7 cm³/mol. The minimum absolute atomic E-state index is 0.0341. The van der Waals surface area contributed by atoms with Crippen LogP contribution in [0.15, 0.2) is 23.2 Å². The third-order valence-corrected chi connectivity index (χ3v) is 3.41. The number of aliphatic imine (C=N–C) groups is 1. The lowest BCUT2D eigenvalue weighted by Gasteiger charge is -2.29. The van der Waals surface area contributed by atoms with Crippen molar-refractivity contribution >= 4 is 16.8 Å². The van der Waals surface area contributed by atoms with Gasteiger partial charge in [0.05, 0.1) is 11.6 Å². The summed E-state index contributed by atoms with van der Waals surface area (Å²) in [6.07, 6.45) is 0. The van der Waals surface area contributed by atoms with E-state index >= 15 is 0 Å². The second-order valence-corrected chi connectivity index (χ2v) is 5.11. The molecule has 1 aliphatic rings. The number of ether oxygens (including phenoxy) is 1. The van der Waals surface area contributed by atoms with Crippen molar-refractivity contribution in [3.8, 4) is 5.75 Å². The van der Waals surface area contributed by atoms with Crippen LogP contribution in [0.5, 0.6) is 5.75 Å². The zero-order valence-electron chi connectivity index (χ0n) is 10.0. The maximum absolute atomic E-state index is 6.22. The van der Waals surface area contributed by atoms with Crippen LogP contribution in [0, 0.1) is 6.92 Å². The van der Waals surface area contributed by atoms with Gasteiger partial charge in [0.15, 0.2) is 0 Å². The van der Waals surface area contributed by atoms with Gasteiger partial charge in [-0.25, -0.2) is 0 Å². The van der Waals surface area contributed by atoms with Crippen molar-refractivity contribution in [1.82, 2.24) is 0 Å². The summed E-state index contributed by atoms with van der Waals surface area (Å²) in [7, 11) is 0. The summed E-state index contributed by atoms with van der Waals surface area (Å²) in [5, 5.41) is 0.539. The minimum atomic E-state index is -0.336. The molecule has 2 rings (SSSR count). The fourth-order valence-corrected chi connectivity index (χ4v) is 1.99. The molecule has 0 aromatic heterocycles. The van der Waals surface area contributed by atoms with Gasteiger partial charge in [0.2, 0.25) is 0 Å². The number of rotatable bonds is 0. The van der Waals surface area contributed by atoms with E-state index in [0.717, 1.165) is 16.9 Å². The SMILES string of the molecule is Cc1cccc2c1OC(C)(C)C(C)N=C2Cl. The van der Waals surface area contributed by atoms with E-state index in [0.29, 0.717) is 5.17 Å². The molecule has 0 saturated carbocycles. The van der Waals surface area contributed by atoms with Crippen molar-refractivity contribution in [1.29, 1.82) is 0 Å². The van der Waals surface area contributed by atoms with Crippen LogP contribution < -0.4 is 4.74 Å². The Morgan fingerprint density at radius 3 is 2.75 bits per heavy atom. The van der Waals surface area contributed by atoms with Crippen molar-refractivity contribution < 1.29 is 4.74 Å². The molecule has 1 heterocycles. The Balaban J connectivity index is 2.62. The topological polar surface area (TPSA) is 21.6 Å². The van der Waals surface area contributed by atoms with Crippen LogP contribution in [-0.2, 0) is 0 Å². The molecule has 0 N–H and O–H groups in total. The van der Waals surface area contributed by atoms with Gasteiger partial charge in [0.1, 0.15) is 16.5 Å². The number of aryl methyl sites for hydroxylation is 1. The average molecular weight is 238 g/mol. The molecule has 1 aromatic carbocycles. The molecule has 1 aromatic rings. The lowest BCUT2D eigenvalue weighted by atomic mass is 10.0. The predicted octanol–water partition coefficient (Wildman–Crippen LogP) is 3.54. The molecule has 0 spiro atoms. The molecule has 0 bridgehead atoms. The van der Waals surface area contributed by atoms with Gasteiger partial charge in [0.25, 0.3) is 0 Å². The second-order valence-electron chi connectivity index (χ2n) is 4.75. The number of halogens is 1. The third kappa shape index (κ3) is 1.82. The Morgan fingerprint density at radius 1 is 1.38 bits per heavy atom. The summed E-state index contributed by atoms with van der Waals surface area (Å²) >= 11 is 6.22. The maximum atomic E-state index is 6.22. The molecule has 0 fully saturated rings. The fraction of sp³-hybridized carbons (Fsp3) is 0.462. The van der Waals surface area contributed by atoms with Gasteiger partial charge < -0.3 is 4.74 Å². The highest BCUT2D eigenvalue weighted by Gasteiger charge is 2.32. The maximum Gasteiger partial charge on any atom is 0.135 e. The molecular formula is C13H16ClNO. The first-order valence-electron chi connectivity index (χ1n) is 5.44. The van der Waals surface area contributed by atoms with Crippen molar-refractivity contribution in [2.75, 3.05) is 0 Å². The third-order valence-electron chi connectivity index (χ3n) is 3.11. The van der Waals surface area contributed by atoms with Crippen LogP contribution in [0.25, 0.3) is 0 Å². The Hall–Kier alpha value is -1.02. The van der Waals surface area contributed by atoms with E-state index < -0.39 is 0 Å². The van der Waals surface area contributed by atoms with Crippen LogP contribution in [0.2, 0.25) is 0 Å². The summed E-state index contributed by atoms with van der Waals surface area (Å²) < 4.78 is 6.06. The first kappa shape index (κ1) is 11.5. The molecule has 3 heteroatoms. The van der Waals surface area contributed by atoms with Gasteiger partial charge in [-0.1, -0.05) is 23.7 Å². The van der Waals surface area contributed by atoms with E-state index in [1.807, 2.05) is 45.9 Å². The Bertz CT molecular complexity index is 451. The van der Waals surface area contributed by atoms with Crippen molar-refractivity contribution in [3.63, 3.8) is 0 Å². The zero-order valence-corrected chi connectivity index (χ0v) is 10.8. The largest absolute Gasteiger partial charge is 0.485 e. The zero-order chi connectivity index (χ0) is 11.9. The summed E-state index contributed by atoms with van der Waals surface area (Å²) in [6, 6.07) is 5.97. The summed E-state index contributed by atoms with van der Waals surface area (Å²) in [6.45, 7) is 8.11. The molecule has 1 unspecified atom stereocenters. The number of para-hydroxylation sites is 1. The number of hydrogen-bond donors (Lipinski definition) is 0. The number of benzene rings is 1. The van der Waals surface area contributed by atoms with Gasteiger partial charge in [-0.2, -0.15) is 0 Å². The van der Waals surface area contributed by atoms with Gasteiger partial charge in [-0.3, -0.25) is 4.99 Å². The Labute approximate surface area is 101 Å². The van der Waals surface area contributed by atoms with E-state index in [2.05, 4.69) is 4.99 Å². The molecule has 0 aliphatic carbocycles. The smallest absolute Gasteiger partial charge is 0.135 e. The van der Waals surface area contributed by atoms with E-state index in [-0.39, 0.29) is 11.6 Å². The highest BCUT2D eigenvalue weighted by Crippen LogP contribution is 2.34. The molecule has 0 radical (unpaired) electrons. The second kappa shape index (κ2) is 3.77. The monoisotopic (exact) mass is 237 g/mol. The van der Waals surface area contributed by atoms with E-state index in [4.69, 9.17) is 16.3 Å². The van der Waals surface area contributed by atoms with Gasteiger partial charge >= 0.3 is 0 Å². The number of fused-ring (bicyclic) bond motifs is 1. The van der Waals surface area contributed by atoms with Crippen LogP contribution in [-0.4, -0.2) is 16.8 Å². The summed E-state index contributed by atoms with van der Waals surface area (Å²) in [4.78, 5) is 4.47.